The van der Waals surface area contributed by atoms with Crippen LogP contribution in [0.4, 0.5) is 5.69 Å². The lowest BCUT2D eigenvalue weighted by molar-refractivity contribution is -0.895. The molecule has 2 heterocycles. The first-order chi connectivity index (χ1) is 15.2. The molecule has 158 valence electrons. The Morgan fingerprint density at radius 1 is 0.968 bits per heavy atom. The molecule has 2 N–H and O–H groups in total. The molecule has 0 bridgehead atoms. The monoisotopic (exact) mass is 415 g/mol. The summed E-state index contributed by atoms with van der Waals surface area (Å²) in [6.45, 7) is 3.31. The number of para-hydroxylation sites is 1. The second-order valence-electron chi connectivity index (χ2n) is 8.42. The Bertz CT molecular complexity index is 1120. The van der Waals surface area contributed by atoms with Crippen molar-refractivity contribution in [1.82, 2.24) is 9.88 Å². The van der Waals surface area contributed by atoms with E-state index in [9.17, 15) is 9.59 Å². The number of rotatable bonds is 4. The zero-order valence-electron chi connectivity index (χ0n) is 17.6. The number of carbonyl (C=O) groups is 2. The van der Waals surface area contributed by atoms with Gasteiger partial charge in [0.05, 0.1) is 37.4 Å². The van der Waals surface area contributed by atoms with Gasteiger partial charge >= 0.3 is 0 Å². The van der Waals surface area contributed by atoms with Gasteiger partial charge in [0, 0.05) is 16.6 Å². The summed E-state index contributed by atoms with van der Waals surface area (Å²) in [5, 5.41) is 4.23. The van der Waals surface area contributed by atoms with Crippen LogP contribution in [0.1, 0.15) is 28.0 Å². The van der Waals surface area contributed by atoms with Crippen molar-refractivity contribution in [2.24, 2.45) is 0 Å². The minimum atomic E-state index is 0.0308. The number of fused-ring (bicyclic) bond motifs is 2. The molecule has 0 saturated carbocycles. The van der Waals surface area contributed by atoms with E-state index in [-0.39, 0.29) is 11.8 Å². The Labute approximate surface area is 181 Å². The minimum absolute atomic E-state index is 0.0308. The van der Waals surface area contributed by atoms with E-state index in [1.165, 1.54) is 10.5 Å². The van der Waals surface area contributed by atoms with E-state index < -0.39 is 0 Å². The average molecular weight is 416 g/mol. The van der Waals surface area contributed by atoms with Gasteiger partial charge in [-0.3, -0.25) is 14.6 Å². The Hall–Kier alpha value is -3.25. The van der Waals surface area contributed by atoms with Gasteiger partial charge in [-0.2, -0.15) is 0 Å². The SMILES string of the molecule is O=C(C[NH+]1CCN(C(=O)c2ccccc2)CC1)Nc1c2c(nc3ccccc13)CCC2. The van der Waals surface area contributed by atoms with Crippen LogP contribution in [0.25, 0.3) is 10.9 Å². The Morgan fingerprint density at radius 2 is 1.71 bits per heavy atom. The summed E-state index contributed by atoms with van der Waals surface area (Å²) in [4.78, 5) is 33.5. The fourth-order valence-corrected chi connectivity index (χ4v) is 4.73. The molecule has 6 heteroatoms. The maximum atomic E-state index is 12.9. The number of anilines is 1. The number of piperazine rings is 1. The largest absolute Gasteiger partial charge is 0.327 e. The molecule has 2 amide bonds. The number of carbonyl (C=O) groups excluding carboxylic acids is 2. The number of benzene rings is 2. The lowest BCUT2D eigenvalue weighted by atomic mass is 10.1. The van der Waals surface area contributed by atoms with Crippen LogP contribution in [0.2, 0.25) is 0 Å². The molecular weight excluding hydrogens is 388 g/mol. The first-order valence-corrected chi connectivity index (χ1v) is 11.1. The molecule has 1 aromatic heterocycles. The van der Waals surface area contributed by atoms with Gasteiger partial charge in [-0.15, -0.1) is 0 Å². The van der Waals surface area contributed by atoms with Gasteiger partial charge in [-0.05, 0) is 43.0 Å². The predicted molar refractivity (Wildman–Crippen MR) is 120 cm³/mol. The van der Waals surface area contributed by atoms with E-state index in [4.69, 9.17) is 4.98 Å². The molecule has 0 unspecified atom stereocenters. The van der Waals surface area contributed by atoms with Crippen molar-refractivity contribution >= 4 is 28.4 Å². The molecule has 3 aromatic rings. The Kier molecular flexibility index (Phi) is 5.38. The van der Waals surface area contributed by atoms with Crippen LogP contribution in [0.5, 0.6) is 0 Å². The van der Waals surface area contributed by atoms with E-state index in [0.717, 1.165) is 60.2 Å². The van der Waals surface area contributed by atoms with Crippen LogP contribution >= 0.6 is 0 Å². The maximum absolute atomic E-state index is 12.9. The van der Waals surface area contributed by atoms with Crippen molar-refractivity contribution < 1.29 is 14.5 Å². The van der Waals surface area contributed by atoms with Gasteiger partial charge in [0.2, 0.25) is 0 Å². The third kappa shape index (κ3) is 4.03. The van der Waals surface area contributed by atoms with Crippen molar-refractivity contribution in [3.63, 3.8) is 0 Å². The highest BCUT2D eigenvalue weighted by molar-refractivity contribution is 6.03. The second-order valence-corrected chi connectivity index (χ2v) is 8.42. The van der Waals surface area contributed by atoms with Gasteiger partial charge in [-0.25, -0.2) is 0 Å². The molecule has 0 spiro atoms. The fraction of sp³-hybridized carbons (Fsp3) is 0.320. The number of nitrogens with zero attached hydrogens (tertiary/aromatic N) is 2. The van der Waals surface area contributed by atoms with Crippen LogP contribution in [0.15, 0.2) is 54.6 Å². The smallest absolute Gasteiger partial charge is 0.279 e. The summed E-state index contributed by atoms with van der Waals surface area (Å²) in [6.07, 6.45) is 3.03. The van der Waals surface area contributed by atoms with E-state index in [2.05, 4.69) is 5.32 Å². The first-order valence-electron chi connectivity index (χ1n) is 11.1. The van der Waals surface area contributed by atoms with Gasteiger partial charge in [-0.1, -0.05) is 36.4 Å². The number of hydrogen-bond acceptors (Lipinski definition) is 3. The molecule has 6 nitrogen and oxygen atoms in total. The summed E-state index contributed by atoms with van der Waals surface area (Å²) < 4.78 is 0. The number of amides is 2. The number of quaternary nitrogens is 1. The van der Waals surface area contributed by atoms with Crippen LogP contribution in [-0.4, -0.2) is 54.4 Å². The quantitative estimate of drug-likeness (QED) is 0.682. The molecule has 31 heavy (non-hydrogen) atoms. The van der Waals surface area contributed by atoms with E-state index in [1.54, 1.807) is 0 Å². The molecule has 1 aliphatic carbocycles. The van der Waals surface area contributed by atoms with Crippen LogP contribution in [-0.2, 0) is 17.6 Å². The van der Waals surface area contributed by atoms with E-state index in [1.807, 2.05) is 59.5 Å². The summed E-state index contributed by atoms with van der Waals surface area (Å²) in [5.41, 5.74) is 4.93. The summed E-state index contributed by atoms with van der Waals surface area (Å²) in [7, 11) is 0. The van der Waals surface area contributed by atoms with E-state index in [0.29, 0.717) is 19.6 Å². The molecule has 5 rings (SSSR count). The van der Waals surface area contributed by atoms with Crippen LogP contribution < -0.4 is 10.2 Å². The van der Waals surface area contributed by atoms with Gasteiger partial charge in [0.15, 0.2) is 6.54 Å². The molecule has 2 aromatic carbocycles. The molecule has 0 radical (unpaired) electrons. The van der Waals surface area contributed by atoms with Crippen molar-refractivity contribution in [1.29, 1.82) is 0 Å². The Balaban J connectivity index is 1.23. The molecule has 1 aliphatic heterocycles. The number of hydrogen-bond donors (Lipinski definition) is 2. The number of pyridine rings is 1. The lowest BCUT2D eigenvalue weighted by Gasteiger charge is -2.32. The third-order valence-corrected chi connectivity index (χ3v) is 6.37. The zero-order chi connectivity index (χ0) is 21.2. The van der Waals surface area contributed by atoms with E-state index >= 15 is 0 Å². The normalized spacial score (nSPS) is 16.3. The van der Waals surface area contributed by atoms with Crippen LogP contribution in [0.3, 0.4) is 0 Å². The molecule has 1 fully saturated rings. The summed E-state index contributed by atoms with van der Waals surface area (Å²) >= 11 is 0. The summed E-state index contributed by atoms with van der Waals surface area (Å²) in [5.74, 6) is 0.103. The maximum Gasteiger partial charge on any atom is 0.279 e. The van der Waals surface area contributed by atoms with Gasteiger partial charge in [0.1, 0.15) is 0 Å². The van der Waals surface area contributed by atoms with Crippen LogP contribution in [0, 0.1) is 0 Å². The topological polar surface area (TPSA) is 66.7 Å². The minimum Gasteiger partial charge on any atom is -0.327 e. The summed E-state index contributed by atoms with van der Waals surface area (Å²) in [6, 6.07) is 17.4. The fourth-order valence-electron chi connectivity index (χ4n) is 4.73. The second kappa shape index (κ2) is 8.47. The predicted octanol–water partition coefficient (Wildman–Crippen LogP) is 1.70. The molecular formula is C25H27N4O2+. The van der Waals surface area contributed by atoms with Gasteiger partial charge < -0.3 is 15.1 Å². The lowest BCUT2D eigenvalue weighted by Crippen LogP contribution is -3.15. The molecule has 0 atom stereocenters. The standard InChI is InChI=1S/C25H26N4O2/c30-23(17-28-13-15-29(16-14-28)25(31)18-7-2-1-3-8-18)27-24-19-9-4-5-11-21(19)26-22-12-6-10-20(22)24/h1-5,7-9,11H,6,10,12-17H2,(H,26,27,30)/p+1. The number of aryl methyl sites for hydroxylation is 1. The highest BCUT2D eigenvalue weighted by atomic mass is 16.2. The highest BCUT2D eigenvalue weighted by Gasteiger charge is 2.27. The van der Waals surface area contributed by atoms with Crippen molar-refractivity contribution in [3.8, 4) is 0 Å². The number of aromatic nitrogens is 1. The average Bonchev–Trinajstić information content (AvgIpc) is 3.28. The highest BCUT2D eigenvalue weighted by Crippen LogP contribution is 2.33. The molecule has 1 saturated heterocycles. The van der Waals surface area contributed by atoms with Crippen molar-refractivity contribution in [3.05, 3.63) is 71.4 Å². The van der Waals surface area contributed by atoms with Crippen molar-refractivity contribution in [2.45, 2.75) is 19.3 Å². The van der Waals surface area contributed by atoms with Crippen molar-refractivity contribution in [2.75, 3.05) is 38.0 Å². The Morgan fingerprint density at radius 3 is 2.52 bits per heavy atom. The zero-order valence-corrected chi connectivity index (χ0v) is 17.6. The third-order valence-electron chi connectivity index (χ3n) is 6.37. The first kappa shape index (κ1) is 19.7. The molecule has 2 aliphatic rings. The van der Waals surface area contributed by atoms with Gasteiger partial charge in [0.25, 0.3) is 11.8 Å². The number of nitrogens with one attached hydrogen (secondary N) is 2.